The van der Waals surface area contributed by atoms with E-state index in [1.165, 1.54) is 6.07 Å². The molecule has 0 unspecified atom stereocenters. The number of rotatable bonds is 2. The second-order valence-corrected chi connectivity index (χ2v) is 5.37. The van der Waals surface area contributed by atoms with Gasteiger partial charge >= 0.3 is 0 Å². The second kappa shape index (κ2) is 4.13. The van der Waals surface area contributed by atoms with Gasteiger partial charge < -0.3 is 15.2 Å². The molecular weight excluding hydrogens is 236 g/mol. The molecule has 0 fully saturated rings. The lowest BCUT2D eigenvalue weighted by Gasteiger charge is -2.27. The van der Waals surface area contributed by atoms with Crippen molar-refractivity contribution >= 4 is 5.69 Å². The van der Waals surface area contributed by atoms with E-state index >= 15 is 0 Å². The van der Waals surface area contributed by atoms with E-state index in [-0.39, 0.29) is 17.9 Å². The molecule has 1 aromatic rings. The average molecular weight is 252 g/mol. The zero-order valence-corrected chi connectivity index (χ0v) is 10.6. The Balaban J connectivity index is 2.55. The first-order valence-corrected chi connectivity index (χ1v) is 5.64. The van der Waals surface area contributed by atoms with Crippen LogP contribution < -0.4 is 15.2 Å². The Morgan fingerprint density at radius 3 is 2.39 bits per heavy atom. The van der Waals surface area contributed by atoms with Crippen LogP contribution >= 0.6 is 0 Å². The quantitative estimate of drug-likeness (QED) is 0.644. The van der Waals surface area contributed by atoms with Gasteiger partial charge in [-0.25, -0.2) is 0 Å². The second-order valence-electron chi connectivity index (χ2n) is 5.37. The molecule has 0 aromatic heterocycles. The Morgan fingerprint density at radius 1 is 1.33 bits per heavy atom. The van der Waals surface area contributed by atoms with E-state index in [9.17, 15) is 10.1 Å². The van der Waals surface area contributed by atoms with Gasteiger partial charge in [-0.2, -0.15) is 0 Å². The van der Waals surface area contributed by atoms with Crippen LogP contribution in [0, 0.1) is 15.5 Å². The monoisotopic (exact) mass is 252 g/mol. The minimum absolute atomic E-state index is 0.0262. The highest BCUT2D eigenvalue weighted by atomic mass is 16.7. The fourth-order valence-electron chi connectivity index (χ4n) is 1.82. The van der Waals surface area contributed by atoms with Crippen LogP contribution in [0.3, 0.4) is 0 Å². The van der Waals surface area contributed by atoms with Crippen LogP contribution in [0.4, 0.5) is 5.69 Å². The predicted molar refractivity (Wildman–Crippen MR) is 65.6 cm³/mol. The lowest BCUT2D eigenvalue weighted by atomic mass is 9.82. The topological polar surface area (TPSA) is 87.6 Å². The SMILES string of the molecule is CC(C)(C)[C@@H](N)c1cc2c(cc1[N+](=O)[O-])OCO2. The maximum absolute atomic E-state index is 11.1. The third-order valence-corrected chi connectivity index (χ3v) is 2.99. The fraction of sp³-hybridized carbons (Fsp3) is 0.500. The van der Waals surface area contributed by atoms with Crippen LogP contribution in [-0.4, -0.2) is 11.7 Å². The van der Waals surface area contributed by atoms with Crippen LogP contribution in [0.2, 0.25) is 0 Å². The molecule has 18 heavy (non-hydrogen) atoms. The summed E-state index contributed by atoms with van der Waals surface area (Å²) in [6.07, 6.45) is 0. The van der Waals surface area contributed by atoms with Crippen molar-refractivity contribution in [2.24, 2.45) is 11.1 Å². The highest BCUT2D eigenvalue weighted by Gasteiger charge is 2.31. The molecule has 6 nitrogen and oxygen atoms in total. The largest absolute Gasteiger partial charge is 0.454 e. The lowest BCUT2D eigenvalue weighted by molar-refractivity contribution is -0.385. The summed E-state index contributed by atoms with van der Waals surface area (Å²) >= 11 is 0. The Labute approximate surface area is 105 Å². The lowest BCUT2D eigenvalue weighted by Crippen LogP contribution is -2.27. The summed E-state index contributed by atoms with van der Waals surface area (Å²) in [7, 11) is 0. The summed E-state index contributed by atoms with van der Waals surface area (Å²) in [4.78, 5) is 10.7. The molecule has 1 aromatic carbocycles. The summed E-state index contributed by atoms with van der Waals surface area (Å²) in [6, 6.07) is 2.53. The predicted octanol–water partition coefficient (Wildman–Crippen LogP) is 2.37. The van der Waals surface area contributed by atoms with Gasteiger partial charge in [-0.1, -0.05) is 20.8 Å². The molecule has 0 spiro atoms. The molecule has 6 heteroatoms. The van der Waals surface area contributed by atoms with Crippen LogP contribution in [0.25, 0.3) is 0 Å². The number of hydrogen-bond acceptors (Lipinski definition) is 5. The molecule has 0 radical (unpaired) electrons. The average Bonchev–Trinajstić information content (AvgIpc) is 2.71. The van der Waals surface area contributed by atoms with Crippen molar-refractivity contribution in [3.8, 4) is 11.5 Å². The Kier molecular flexibility index (Phi) is 2.90. The number of nitro groups is 1. The molecule has 1 heterocycles. The minimum Gasteiger partial charge on any atom is -0.454 e. The maximum atomic E-state index is 11.1. The highest BCUT2D eigenvalue weighted by Crippen LogP contribution is 2.43. The zero-order valence-electron chi connectivity index (χ0n) is 10.6. The van der Waals surface area contributed by atoms with Crippen molar-refractivity contribution in [3.05, 3.63) is 27.8 Å². The third-order valence-electron chi connectivity index (χ3n) is 2.99. The number of benzene rings is 1. The number of ether oxygens (including phenoxy) is 2. The van der Waals surface area contributed by atoms with Crippen LogP contribution in [0.1, 0.15) is 32.4 Å². The van der Waals surface area contributed by atoms with Crippen LogP contribution in [-0.2, 0) is 0 Å². The molecular formula is C12H16N2O4. The summed E-state index contributed by atoms with van der Waals surface area (Å²) in [5, 5.41) is 11.1. The first-order valence-electron chi connectivity index (χ1n) is 5.64. The first kappa shape index (κ1) is 12.6. The maximum Gasteiger partial charge on any atom is 0.278 e. The fourth-order valence-corrected chi connectivity index (χ4v) is 1.82. The van der Waals surface area contributed by atoms with E-state index in [4.69, 9.17) is 15.2 Å². The van der Waals surface area contributed by atoms with E-state index in [0.29, 0.717) is 17.1 Å². The van der Waals surface area contributed by atoms with E-state index in [1.54, 1.807) is 6.07 Å². The molecule has 0 bridgehead atoms. The van der Waals surface area contributed by atoms with Gasteiger partial charge in [-0.05, 0) is 11.5 Å². The molecule has 0 saturated carbocycles. The molecule has 0 aliphatic carbocycles. The van der Waals surface area contributed by atoms with Crippen molar-refractivity contribution in [2.45, 2.75) is 26.8 Å². The summed E-state index contributed by atoms with van der Waals surface area (Å²) in [5.41, 5.74) is 6.27. The number of nitro benzene ring substituents is 1. The van der Waals surface area contributed by atoms with Crippen molar-refractivity contribution in [3.63, 3.8) is 0 Å². The van der Waals surface area contributed by atoms with Gasteiger partial charge in [0, 0.05) is 6.04 Å². The molecule has 1 aliphatic heterocycles. The molecule has 0 saturated heterocycles. The molecule has 1 atom stereocenters. The van der Waals surface area contributed by atoms with E-state index < -0.39 is 11.0 Å². The van der Waals surface area contributed by atoms with E-state index in [0.717, 1.165) is 0 Å². The van der Waals surface area contributed by atoms with Crippen molar-refractivity contribution in [1.82, 2.24) is 0 Å². The van der Waals surface area contributed by atoms with Gasteiger partial charge in [0.2, 0.25) is 6.79 Å². The Hall–Kier alpha value is -1.82. The number of nitrogens with zero attached hydrogens (tertiary/aromatic N) is 1. The zero-order chi connectivity index (χ0) is 13.5. The molecule has 2 N–H and O–H groups in total. The number of nitrogens with two attached hydrogens (primary N) is 1. The van der Waals surface area contributed by atoms with Crippen molar-refractivity contribution < 1.29 is 14.4 Å². The van der Waals surface area contributed by atoms with E-state index in [1.807, 2.05) is 20.8 Å². The summed E-state index contributed by atoms with van der Waals surface area (Å²) in [6.45, 7) is 5.89. The van der Waals surface area contributed by atoms with Gasteiger partial charge in [0.1, 0.15) is 0 Å². The highest BCUT2D eigenvalue weighted by molar-refractivity contribution is 5.56. The van der Waals surface area contributed by atoms with E-state index in [2.05, 4.69) is 0 Å². The summed E-state index contributed by atoms with van der Waals surface area (Å²) < 4.78 is 10.4. The Bertz CT molecular complexity index is 494. The van der Waals surface area contributed by atoms with Crippen LogP contribution in [0.5, 0.6) is 11.5 Å². The molecule has 1 aliphatic rings. The number of hydrogen-bond donors (Lipinski definition) is 1. The molecule has 0 amide bonds. The normalized spacial score (nSPS) is 15.6. The van der Waals surface area contributed by atoms with Gasteiger partial charge in [0.25, 0.3) is 5.69 Å². The van der Waals surface area contributed by atoms with Gasteiger partial charge in [0.05, 0.1) is 16.6 Å². The van der Waals surface area contributed by atoms with Gasteiger partial charge in [-0.15, -0.1) is 0 Å². The van der Waals surface area contributed by atoms with Crippen molar-refractivity contribution in [1.29, 1.82) is 0 Å². The first-order chi connectivity index (χ1) is 8.30. The van der Waals surface area contributed by atoms with Gasteiger partial charge in [-0.3, -0.25) is 10.1 Å². The molecule has 2 rings (SSSR count). The van der Waals surface area contributed by atoms with Crippen molar-refractivity contribution in [2.75, 3.05) is 6.79 Å². The van der Waals surface area contributed by atoms with Gasteiger partial charge in [0.15, 0.2) is 11.5 Å². The summed E-state index contributed by atoms with van der Waals surface area (Å²) in [5.74, 6) is 0.904. The van der Waals surface area contributed by atoms with Crippen LogP contribution in [0.15, 0.2) is 12.1 Å². The smallest absolute Gasteiger partial charge is 0.278 e. The molecule has 98 valence electrons. The number of fused-ring (bicyclic) bond motifs is 1. The minimum atomic E-state index is -0.451. The third kappa shape index (κ3) is 2.11. The Morgan fingerprint density at radius 2 is 1.89 bits per heavy atom. The standard InChI is InChI=1S/C12H16N2O4/c1-12(2,3)11(13)7-4-9-10(18-6-17-9)5-8(7)14(15)16/h4-5,11H,6,13H2,1-3H3/t11-/m0/s1.